The molecule has 1 rings (SSSR count). The molecule has 23 heavy (non-hydrogen) atoms. The van der Waals surface area contributed by atoms with E-state index in [4.69, 9.17) is 4.74 Å². The van der Waals surface area contributed by atoms with Crippen LogP contribution in [-0.4, -0.2) is 30.3 Å². The molecule has 0 aromatic rings. The van der Waals surface area contributed by atoms with Gasteiger partial charge in [-0.1, -0.05) is 34.1 Å². The van der Waals surface area contributed by atoms with Crippen LogP contribution in [0.25, 0.3) is 0 Å². The van der Waals surface area contributed by atoms with Gasteiger partial charge in [-0.15, -0.1) is 0 Å². The van der Waals surface area contributed by atoms with Crippen LogP contribution in [0.4, 0.5) is 4.79 Å². The van der Waals surface area contributed by atoms with Crippen molar-refractivity contribution < 1.29 is 9.53 Å². The topological polar surface area (TPSA) is 50.4 Å². The van der Waals surface area contributed by atoms with E-state index in [0.29, 0.717) is 12.0 Å². The van der Waals surface area contributed by atoms with Gasteiger partial charge in [0.15, 0.2) is 0 Å². The van der Waals surface area contributed by atoms with Crippen molar-refractivity contribution in [2.75, 3.05) is 6.54 Å². The number of ether oxygens (including phenoxy) is 1. The Morgan fingerprint density at radius 1 is 1.26 bits per heavy atom. The minimum atomic E-state index is -0.447. The number of hydrogen-bond donors (Lipinski definition) is 2. The summed E-state index contributed by atoms with van der Waals surface area (Å²) >= 11 is 0. The molecule has 0 saturated heterocycles. The molecular formula is C19H38N2O2. The molecule has 0 spiro atoms. The lowest BCUT2D eigenvalue weighted by Crippen LogP contribution is -2.49. The molecule has 0 aliphatic heterocycles. The van der Waals surface area contributed by atoms with Crippen LogP contribution in [0.1, 0.15) is 74.1 Å². The molecule has 0 aromatic carbocycles. The lowest BCUT2D eigenvalue weighted by Gasteiger charge is -2.38. The average Bonchev–Trinajstić information content (AvgIpc) is 2.41. The van der Waals surface area contributed by atoms with Crippen molar-refractivity contribution in [3.8, 4) is 0 Å². The first kappa shape index (κ1) is 20.3. The first-order chi connectivity index (χ1) is 10.6. The highest BCUT2D eigenvalue weighted by Gasteiger charge is 2.30. The van der Waals surface area contributed by atoms with E-state index < -0.39 is 5.60 Å². The zero-order chi connectivity index (χ0) is 17.6. The molecular weight excluding hydrogens is 288 g/mol. The smallest absolute Gasteiger partial charge is 0.407 e. The van der Waals surface area contributed by atoms with Crippen LogP contribution in [-0.2, 0) is 4.74 Å². The number of hydrogen-bond acceptors (Lipinski definition) is 3. The number of nitrogens with one attached hydrogen (secondary N) is 2. The van der Waals surface area contributed by atoms with Gasteiger partial charge in [-0.25, -0.2) is 4.79 Å². The highest BCUT2D eigenvalue weighted by Crippen LogP contribution is 2.33. The third-order valence-corrected chi connectivity index (χ3v) is 4.86. The van der Waals surface area contributed by atoms with Crippen LogP contribution in [0.5, 0.6) is 0 Å². The van der Waals surface area contributed by atoms with Crippen LogP contribution in [0.3, 0.4) is 0 Å². The van der Waals surface area contributed by atoms with Gasteiger partial charge < -0.3 is 15.4 Å². The first-order valence-corrected chi connectivity index (χ1v) is 9.35. The number of carbonyl (C=O) groups excluding carboxylic acids is 1. The highest BCUT2D eigenvalue weighted by molar-refractivity contribution is 5.68. The summed E-state index contributed by atoms with van der Waals surface area (Å²) in [6, 6.07) is 0.683. The highest BCUT2D eigenvalue weighted by atomic mass is 16.6. The van der Waals surface area contributed by atoms with Crippen molar-refractivity contribution in [1.82, 2.24) is 10.6 Å². The van der Waals surface area contributed by atoms with Gasteiger partial charge in [-0.3, -0.25) is 0 Å². The van der Waals surface area contributed by atoms with E-state index in [0.717, 1.165) is 24.8 Å². The maximum absolute atomic E-state index is 11.9. The monoisotopic (exact) mass is 326 g/mol. The molecule has 1 aliphatic rings. The van der Waals surface area contributed by atoms with Crippen molar-refractivity contribution in [3.05, 3.63) is 0 Å². The van der Waals surface area contributed by atoms with E-state index in [2.05, 4.69) is 38.3 Å². The molecule has 4 atom stereocenters. The van der Waals surface area contributed by atoms with Gasteiger partial charge in [0.2, 0.25) is 0 Å². The zero-order valence-electron chi connectivity index (χ0n) is 16.2. The fourth-order valence-electron chi connectivity index (χ4n) is 3.50. The normalized spacial score (nSPS) is 26.9. The Morgan fingerprint density at radius 3 is 2.43 bits per heavy atom. The number of amides is 1. The maximum atomic E-state index is 11.9. The number of alkyl carbamates (subject to hydrolysis) is 1. The van der Waals surface area contributed by atoms with Gasteiger partial charge >= 0.3 is 6.09 Å². The summed E-state index contributed by atoms with van der Waals surface area (Å²) in [7, 11) is 0. The van der Waals surface area contributed by atoms with E-state index in [1.54, 1.807) is 0 Å². The minimum absolute atomic E-state index is 0.120. The van der Waals surface area contributed by atoms with Gasteiger partial charge in [-0.05, 0) is 57.8 Å². The molecule has 1 saturated carbocycles. The minimum Gasteiger partial charge on any atom is -0.444 e. The molecule has 1 amide bonds. The molecule has 4 unspecified atom stereocenters. The molecule has 136 valence electrons. The predicted molar refractivity (Wildman–Crippen MR) is 96.6 cm³/mol. The van der Waals surface area contributed by atoms with Crippen molar-refractivity contribution in [2.24, 2.45) is 17.8 Å². The lowest BCUT2D eigenvalue weighted by molar-refractivity contribution is 0.0499. The fraction of sp³-hybridized carbons (Fsp3) is 0.947. The second kappa shape index (κ2) is 8.91. The van der Waals surface area contributed by atoms with E-state index in [-0.39, 0.29) is 12.1 Å². The van der Waals surface area contributed by atoms with Crippen molar-refractivity contribution >= 4 is 6.09 Å². The molecule has 1 aliphatic carbocycles. The Bertz CT molecular complexity index is 363. The number of carbonyl (C=O) groups is 1. The van der Waals surface area contributed by atoms with Gasteiger partial charge in [0, 0.05) is 18.6 Å². The number of rotatable bonds is 6. The van der Waals surface area contributed by atoms with Crippen LogP contribution in [0.15, 0.2) is 0 Å². The molecule has 2 N–H and O–H groups in total. The van der Waals surface area contributed by atoms with E-state index >= 15 is 0 Å². The molecule has 4 nitrogen and oxygen atoms in total. The largest absolute Gasteiger partial charge is 0.444 e. The molecule has 0 aromatic heterocycles. The van der Waals surface area contributed by atoms with Crippen LogP contribution < -0.4 is 10.6 Å². The Kier molecular flexibility index (Phi) is 7.85. The Balaban J connectivity index is 2.50. The summed E-state index contributed by atoms with van der Waals surface area (Å²) in [5.41, 5.74) is -0.447. The van der Waals surface area contributed by atoms with Gasteiger partial charge in [-0.2, -0.15) is 0 Å². The van der Waals surface area contributed by atoms with Gasteiger partial charge in [0.1, 0.15) is 5.60 Å². The summed E-state index contributed by atoms with van der Waals surface area (Å²) in [4.78, 5) is 11.9. The Hall–Kier alpha value is -0.770. The summed E-state index contributed by atoms with van der Waals surface area (Å²) in [6.07, 6.45) is 4.48. The quantitative estimate of drug-likeness (QED) is 0.763. The summed E-state index contributed by atoms with van der Waals surface area (Å²) in [5, 5.41) is 6.73. The molecule has 0 bridgehead atoms. The summed E-state index contributed by atoms with van der Waals surface area (Å²) < 4.78 is 5.36. The van der Waals surface area contributed by atoms with Crippen LogP contribution in [0, 0.1) is 17.8 Å². The average molecular weight is 327 g/mol. The van der Waals surface area contributed by atoms with Gasteiger partial charge in [0.25, 0.3) is 0 Å². The van der Waals surface area contributed by atoms with E-state index in [1.165, 1.54) is 19.3 Å². The predicted octanol–water partition coefficient (Wildman–Crippen LogP) is 4.34. The summed E-state index contributed by atoms with van der Waals surface area (Å²) in [6.45, 7) is 15.6. The Labute approximate surface area is 143 Å². The van der Waals surface area contributed by atoms with E-state index in [9.17, 15) is 4.79 Å². The molecule has 4 heteroatoms. The van der Waals surface area contributed by atoms with Crippen molar-refractivity contribution in [2.45, 2.75) is 91.8 Å². The van der Waals surface area contributed by atoms with Crippen molar-refractivity contribution in [1.29, 1.82) is 0 Å². The SMILES string of the molecule is CCC(CNC1CC(C)CCC1C(C)C)NC(=O)OC(C)(C)C. The second-order valence-corrected chi connectivity index (χ2v) is 8.59. The molecule has 0 radical (unpaired) electrons. The summed E-state index contributed by atoms with van der Waals surface area (Å²) in [5.74, 6) is 2.24. The molecule has 0 heterocycles. The standard InChI is InChI=1S/C19H38N2O2/c1-8-15(21-18(22)23-19(5,6)7)12-20-17-11-14(4)9-10-16(17)13(2)3/h13-17,20H,8-12H2,1-7H3,(H,21,22). The van der Waals surface area contributed by atoms with Crippen molar-refractivity contribution in [3.63, 3.8) is 0 Å². The first-order valence-electron chi connectivity index (χ1n) is 9.35. The maximum Gasteiger partial charge on any atom is 0.407 e. The van der Waals surface area contributed by atoms with Gasteiger partial charge in [0.05, 0.1) is 0 Å². The molecule has 1 fully saturated rings. The lowest BCUT2D eigenvalue weighted by atomic mass is 9.74. The van der Waals surface area contributed by atoms with Crippen LogP contribution >= 0.6 is 0 Å². The van der Waals surface area contributed by atoms with E-state index in [1.807, 2.05) is 20.8 Å². The fourth-order valence-corrected chi connectivity index (χ4v) is 3.50. The second-order valence-electron chi connectivity index (χ2n) is 8.59. The van der Waals surface area contributed by atoms with Crippen LogP contribution in [0.2, 0.25) is 0 Å². The Morgan fingerprint density at radius 2 is 1.91 bits per heavy atom. The third-order valence-electron chi connectivity index (χ3n) is 4.86. The zero-order valence-corrected chi connectivity index (χ0v) is 16.2. The third kappa shape index (κ3) is 7.56.